The lowest BCUT2D eigenvalue weighted by molar-refractivity contribution is 1.06. The van der Waals surface area contributed by atoms with E-state index in [0.717, 1.165) is 5.56 Å². The maximum atomic E-state index is 5.74. The first-order valence-corrected chi connectivity index (χ1v) is 6.06. The molecule has 0 unspecified atom stereocenters. The highest BCUT2D eigenvalue weighted by molar-refractivity contribution is 5.85. The van der Waals surface area contributed by atoms with E-state index in [1.54, 1.807) is 6.20 Å². The van der Waals surface area contributed by atoms with Crippen LogP contribution < -0.4 is 16.8 Å². The fourth-order valence-corrected chi connectivity index (χ4v) is 1.82. The third-order valence-electron chi connectivity index (χ3n) is 2.79. The van der Waals surface area contributed by atoms with E-state index in [1.807, 2.05) is 30.3 Å². The molecule has 5 N–H and O–H groups in total. The minimum absolute atomic E-state index is 0.0997. The van der Waals surface area contributed by atoms with Crippen LogP contribution in [0.5, 0.6) is 0 Å². The molecule has 2 heterocycles. The summed E-state index contributed by atoms with van der Waals surface area (Å²) in [6.45, 7) is 0.627. The lowest BCUT2D eigenvalue weighted by Gasteiger charge is -2.06. The quantitative estimate of drug-likeness (QED) is 0.652. The molecule has 0 atom stereocenters. The van der Waals surface area contributed by atoms with Crippen LogP contribution in [-0.2, 0) is 6.54 Å². The highest BCUT2D eigenvalue weighted by Gasteiger charge is 2.06. The number of nitrogen functional groups attached to an aromatic ring is 2. The number of nitrogens with two attached hydrogens (primary N) is 2. The predicted octanol–water partition coefficient (Wildman–Crippen LogP) is 1.20. The van der Waals surface area contributed by atoms with E-state index in [0.29, 0.717) is 23.5 Å². The van der Waals surface area contributed by atoms with Crippen LogP contribution in [0.3, 0.4) is 0 Å². The fourth-order valence-electron chi connectivity index (χ4n) is 1.82. The third kappa shape index (κ3) is 2.41. The Bertz CT molecular complexity index is 742. The maximum absolute atomic E-state index is 5.74. The van der Waals surface area contributed by atoms with Gasteiger partial charge in [-0.3, -0.25) is 0 Å². The molecule has 3 aromatic rings. The summed E-state index contributed by atoms with van der Waals surface area (Å²) >= 11 is 0. The molecule has 2 aromatic heterocycles. The number of aromatic nitrogens is 4. The molecule has 0 aliphatic heterocycles. The fraction of sp³-hybridized carbons (Fsp3) is 0.0769. The second kappa shape index (κ2) is 4.96. The molecular formula is C13H13N7. The van der Waals surface area contributed by atoms with Crippen molar-refractivity contribution >= 4 is 28.7 Å². The Labute approximate surface area is 115 Å². The molecule has 100 valence electrons. The average Bonchev–Trinajstić information content (AvgIpc) is 2.45. The van der Waals surface area contributed by atoms with Crippen LogP contribution in [0.15, 0.2) is 36.5 Å². The smallest absolute Gasteiger partial charge is 0.224 e. The van der Waals surface area contributed by atoms with Gasteiger partial charge >= 0.3 is 0 Å². The first-order valence-electron chi connectivity index (χ1n) is 6.06. The summed E-state index contributed by atoms with van der Waals surface area (Å²) < 4.78 is 0. The third-order valence-corrected chi connectivity index (χ3v) is 2.79. The molecule has 7 nitrogen and oxygen atoms in total. The Morgan fingerprint density at radius 1 is 1.00 bits per heavy atom. The van der Waals surface area contributed by atoms with E-state index >= 15 is 0 Å². The maximum Gasteiger partial charge on any atom is 0.224 e. The van der Waals surface area contributed by atoms with Gasteiger partial charge in [0, 0.05) is 12.7 Å². The molecule has 0 saturated carbocycles. The molecule has 20 heavy (non-hydrogen) atoms. The summed E-state index contributed by atoms with van der Waals surface area (Å²) in [6.07, 6.45) is 1.59. The van der Waals surface area contributed by atoms with E-state index in [-0.39, 0.29) is 11.8 Å². The van der Waals surface area contributed by atoms with Gasteiger partial charge in [-0.2, -0.15) is 15.0 Å². The van der Waals surface area contributed by atoms with Gasteiger partial charge in [-0.05, 0) is 5.56 Å². The normalized spacial score (nSPS) is 10.6. The molecule has 0 amide bonds. The molecule has 0 saturated heterocycles. The number of nitrogens with one attached hydrogen (secondary N) is 1. The van der Waals surface area contributed by atoms with E-state index in [4.69, 9.17) is 11.5 Å². The summed E-state index contributed by atoms with van der Waals surface area (Å²) in [5, 5.41) is 3.72. The molecule has 0 fully saturated rings. The first kappa shape index (κ1) is 12.1. The van der Waals surface area contributed by atoms with Gasteiger partial charge < -0.3 is 16.8 Å². The zero-order valence-electron chi connectivity index (χ0n) is 10.6. The molecule has 0 spiro atoms. The van der Waals surface area contributed by atoms with Crippen molar-refractivity contribution in [3.05, 3.63) is 42.1 Å². The van der Waals surface area contributed by atoms with Gasteiger partial charge in [0.25, 0.3) is 0 Å². The van der Waals surface area contributed by atoms with Crippen LogP contribution in [0.4, 0.5) is 17.7 Å². The van der Waals surface area contributed by atoms with Gasteiger partial charge in [0.15, 0.2) is 5.65 Å². The zero-order chi connectivity index (χ0) is 13.9. The minimum Gasteiger partial charge on any atom is -0.383 e. The van der Waals surface area contributed by atoms with Crippen molar-refractivity contribution in [3.8, 4) is 0 Å². The number of nitrogens with zero attached hydrogens (tertiary/aromatic N) is 4. The highest BCUT2D eigenvalue weighted by atomic mass is 15.1. The van der Waals surface area contributed by atoms with Gasteiger partial charge in [-0.1, -0.05) is 30.3 Å². The summed E-state index contributed by atoms with van der Waals surface area (Å²) in [5.41, 5.74) is 12.9. The summed E-state index contributed by atoms with van der Waals surface area (Å²) in [7, 11) is 0. The van der Waals surface area contributed by atoms with Gasteiger partial charge in [-0.25, -0.2) is 4.98 Å². The number of benzene rings is 1. The van der Waals surface area contributed by atoms with E-state index in [9.17, 15) is 0 Å². The van der Waals surface area contributed by atoms with Gasteiger partial charge in [0.1, 0.15) is 5.82 Å². The Balaban J connectivity index is 1.86. The Hall–Kier alpha value is -2.96. The van der Waals surface area contributed by atoms with Gasteiger partial charge in [0.2, 0.25) is 11.9 Å². The van der Waals surface area contributed by atoms with Crippen molar-refractivity contribution in [2.75, 3.05) is 16.8 Å². The number of hydrogen-bond donors (Lipinski definition) is 3. The molecule has 7 heteroatoms. The van der Waals surface area contributed by atoms with Crippen LogP contribution in [0, 0.1) is 0 Å². The van der Waals surface area contributed by atoms with Gasteiger partial charge in [0.05, 0.1) is 5.39 Å². The van der Waals surface area contributed by atoms with Crippen LogP contribution in [0.25, 0.3) is 11.0 Å². The topological polar surface area (TPSA) is 116 Å². The van der Waals surface area contributed by atoms with Crippen molar-refractivity contribution in [2.24, 2.45) is 0 Å². The van der Waals surface area contributed by atoms with Crippen LogP contribution in [0.1, 0.15) is 5.56 Å². The second-order valence-corrected chi connectivity index (χ2v) is 4.24. The number of rotatable bonds is 3. The van der Waals surface area contributed by atoms with Crippen LogP contribution in [0.2, 0.25) is 0 Å². The molecule has 0 aliphatic rings. The lowest BCUT2D eigenvalue weighted by atomic mass is 10.2. The van der Waals surface area contributed by atoms with E-state index in [2.05, 4.69) is 25.3 Å². The van der Waals surface area contributed by atoms with Crippen molar-refractivity contribution in [3.63, 3.8) is 0 Å². The van der Waals surface area contributed by atoms with Crippen molar-refractivity contribution < 1.29 is 0 Å². The standard InChI is InChI=1S/C13H13N7/c14-10-9-7-17-13(20-11(9)19-12(15)18-10)16-6-8-4-2-1-3-5-8/h1-5,7H,6H2,(H5,14,15,16,17,18,19,20). The van der Waals surface area contributed by atoms with Crippen molar-refractivity contribution in [1.29, 1.82) is 0 Å². The summed E-state index contributed by atoms with van der Waals surface area (Å²) in [6, 6.07) is 9.97. The monoisotopic (exact) mass is 267 g/mol. The molecular weight excluding hydrogens is 254 g/mol. The van der Waals surface area contributed by atoms with Crippen molar-refractivity contribution in [1.82, 2.24) is 19.9 Å². The molecule has 0 aliphatic carbocycles. The molecule has 0 radical (unpaired) electrons. The lowest BCUT2D eigenvalue weighted by Crippen LogP contribution is -2.06. The Kier molecular flexibility index (Phi) is 3.00. The van der Waals surface area contributed by atoms with Crippen LogP contribution in [-0.4, -0.2) is 19.9 Å². The van der Waals surface area contributed by atoms with E-state index in [1.165, 1.54) is 0 Å². The highest BCUT2D eigenvalue weighted by Crippen LogP contribution is 2.17. The van der Waals surface area contributed by atoms with Crippen molar-refractivity contribution in [2.45, 2.75) is 6.54 Å². The second-order valence-electron chi connectivity index (χ2n) is 4.24. The largest absolute Gasteiger partial charge is 0.383 e. The molecule has 0 bridgehead atoms. The SMILES string of the molecule is Nc1nc(N)c2cnc(NCc3ccccc3)nc2n1. The van der Waals surface area contributed by atoms with E-state index < -0.39 is 0 Å². The number of fused-ring (bicyclic) bond motifs is 1. The Morgan fingerprint density at radius 2 is 1.80 bits per heavy atom. The number of hydrogen-bond acceptors (Lipinski definition) is 7. The molecule has 1 aromatic carbocycles. The average molecular weight is 267 g/mol. The van der Waals surface area contributed by atoms with Gasteiger partial charge in [-0.15, -0.1) is 0 Å². The van der Waals surface area contributed by atoms with Crippen LogP contribution >= 0.6 is 0 Å². The summed E-state index contributed by atoms with van der Waals surface area (Å²) in [4.78, 5) is 16.4. The zero-order valence-corrected chi connectivity index (χ0v) is 10.6. The minimum atomic E-state index is 0.0997. The molecule has 3 rings (SSSR count). The summed E-state index contributed by atoms with van der Waals surface area (Å²) in [5.74, 6) is 0.851. The number of anilines is 3. The first-order chi connectivity index (χ1) is 9.72. The predicted molar refractivity (Wildman–Crippen MR) is 77.7 cm³/mol. The Morgan fingerprint density at radius 3 is 2.60 bits per heavy atom.